The first-order valence-corrected chi connectivity index (χ1v) is 10.7. The average molecular weight is 369 g/mol. The third-order valence-electron chi connectivity index (χ3n) is 5.54. The SMILES string of the molecule is O=C1CN(C2CCCC2)[C@H]2CS(=O)(=O)C[C@H]2N1c1ccc(Cl)cc1. The van der Waals surface area contributed by atoms with Crippen LogP contribution >= 0.6 is 11.6 Å². The first kappa shape index (κ1) is 16.4. The molecule has 2 heterocycles. The van der Waals surface area contributed by atoms with Crippen LogP contribution in [0.5, 0.6) is 0 Å². The zero-order chi connectivity index (χ0) is 16.9. The predicted molar refractivity (Wildman–Crippen MR) is 94.1 cm³/mol. The molecule has 5 nitrogen and oxygen atoms in total. The molecule has 2 aliphatic heterocycles. The Hall–Kier alpha value is -1.11. The van der Waals surface area contributed by atoms with E-state index in [1.54, 1.807) is 29.2 Å². The van der Waals surface area contributed by atoms with E-state index >= 15 is 0 Å². The van der Waals surface area contributed by atoms with Gasteiger partial charge in [0.05, 0.1) is 24.1 Å². The molecule has 1 amide bonds. The summed E-state index contributed by atoms with van der Waals surface area (Å²) in [6.07, 6.45) is 4.47. The molecule has 1 aromatic rings. The molecule has 1 aromatic carbocycles. The Morgan fingerprint density at radius 3 is 2.29 bits per heavy atom. The summed E-state index contributed by atoms with van der Waals surface area (Å²) >= 11 is 5.95. The van der Waals surface area contributed by atoms with E-state index in [0.29, 0.717) is 17.6 Å². The van der Waals surface area contributed by atoms with Crippen LogP contribution in [0.2, 0.25) is 5.02 Å². The highest BCUT2D eigenvalue weighted by molar-refractivity contribution is 7.91. The number of carbonyl (C=O) groups excluding carboxylic acids is 1. The van der Waals surface area contributed by atoms with E-state index in [1.807, 2.05) is 0 Å². The van der Waals surface area contributed by atoms with Crippen LogP contribution in [0.1, 0.15) is 25.7 Å². The number of rotatable bonds is 2. The van der Waals surface area contributed by atoms with Crippen molar-refractivity contribution in [1.29, 1.82) is 0 Å². The van der Waals surface area contributed by atoms with Crippen LogP contribution in [0.3, 0.4) is 0 Å². The quantitative estimate of drug-likeness (QED) is 0.802. The lowest BCUT2D eigenvalue weighted by Crippen LogP contribution is -2.64. The number of anilines is 1. The van der Waals surface area contributed by atoms with Gasteiger partial charge in [-0.2, -0.15) is 0 Å². The molecule has 1 aliphatic carbocycles. The van der Waals surface area contributed by atoms with E-state index in [1.165, 1.54) is 12.8 Å². The van der Waals surface area contributed by atoms with Gasteiger partial charge >= 0.3 is 0 Å². The maximum absolute atomic E-state index is 12.9. The molecule has 0 bridgehead atoms. The van der Waals surface area contributed by atoms with Crippen LogP contribution in [0.25, 0.3) is 0 Å². The number of piperazine rings is 1. The van der Waals surface area contributed by atoms with Crippen LogP contribution in [0.4, 0.5) is 5.69 Å². The van der Waals surface area contributed by atoms with Gasteiger partial charge in [-0.1, -0.05) is 24.4 Å². The minimum atomic E-state index is -3.13. The summed E-state index contributed by atoms with van der Waals surface area (Å²) in [6.45, 7) is 0.310. The molecule has 1 saturated carbocycles. The number of nitrogens with zero attached hydrogens (tertiary/aromatic N) is 2. The van der Waals surface area contributed by atoms with Gasteiger partial charge in [-0.15, -0.1) is 0 Å². The van der Waals surface area contributed by atoms with E-state index in [0.717, 1.165) is 18.5 Å². The first-order valence-electron chi connectivity index (χ1n) is 8.48. The summed E-state index contributed by atoms with van der Waals surface area (Å²) in [5.74, 6) is 0.198. The number of amides is 1. The second kappa shape index (κ2) is 6.00. The lowest BCUT2D eigenvalue weighted by atomic mass is 10.00. The molecule has 0 radical (unpaired) electrons. The molecular formula is C17H21ClN2O3S. The van der Waals surface area contributed by atoms with Crippen molar-refractivity contribution in [3.8, 4) is 0 Å². The zero-order valence-electron chi connectivity index (χ0n) is 13.4. The van der Waals surface area contributed by atoms with Crippen LogP contribution in [0, 0.1) is 0 Å². The summed E-state index contributed by atoms with van der Waals surface area (Å²) in [4.78, 5) is 16.7. The molecule has 3 aliphatic rings. The molecule has 2 saturated heterocycles. The Kier molecular flexibility index (Phi) is 4.09. The van der Waals surface area contributed by atoms with Crippen molar-refractivity contribution < 1.29 is 13.2 Å². The van der Waals surface area contributed by atoms with Crippen molar-refractivity contribution in [3.63, 3.8) is 0 Å². The fourth-order valence-corrected chi connectivity index (χ4v) is 6.57. The summed E-state index contributed by atoms with van der Waals surface area (Å²) in [5, 5.41) is 0.603. The highest BCUT2D eigenvalue weighted by atomic mass is 35.5. The van der Waals surface area contributed by atoms with Crippen molar-refractivity contribution in [2.45, 2.75) is 43.8 Å². The van der Waals surface area contributed by atoms with Crippen LogP contribution in [-0.2, 0) is 14.6 Å². The van der Waals surface area contributed by atoms with Gasteiger partial charge in [-0.3, -0.25) is 9.69 Å². The first-order chi connectivity index (χ1) is 11.4. The topological polar surface area (TPSA) is 57.7 Å². The molecule has 0 aromatic heterocycles. The number of hydrogen-bond acceptors (Lipinski definition) is 4. The fourth-order valence-electron chi connectivity index (χ4n) is 4.48. The lowest BCUT2D eigenvalue weighted by Gasteiger charge is -2.46. The van der Waals surface area contributed by atoms with E-state index in [9.17, 15) is 13.2 Å². The summed E-state index contributed by atoms with van der Waals surface area (Å²) in [5.41, 5.74) is 0.738. The smallest absolute Gasteiger partial charge is 0.241 e. The van der Waals surface area contributed by atoms with E-state index in [-0.39, 0.29) is 29.5 Å². The van der Waals surface area contributed by atoms with Gasteiger partial charge < -0.3 is 4.90 Å². The van der Waals surface area contributed by atoms with E-state index in [4.69, 9.17) is 11.6 Å². The largest absolute Gasteiger partial charge is 0.306 e. The van der Waals surface area contributed by atoms with Gasteiger partial charge in [0.25, 0.3) is 0 Å². The fraction of sp³-hybridized carbons (Fsp3) is 0.588. The minimum Gasteiger partial charge on any atom is -0.306 e. The van der Waals surface area contributed by atoms with Crippen LogP contribution < -0.4 is 4.90 Å². The highest BCUT2D eigenvalue weighted by Gasteiger charge is 2.51. The maximum Gasteiger partial charge on any atom is 0.241 e. The van der Waals surface area contributed by atoms with Crippen molar-refractivity contribution in [2.24, 2.45) is 0 Å². The molecule has 3 fully saturated rings. The van der Waals surface area contributed by atoms with Gasteiger partial charge in [0.2, 0.25) is 5.91 Å². The summed E-state index contributed by atoms with van der Waals surface area (Å²) < 4.78 is 24.6. The molecule has 7 heteroatoms. The molecule has 4 rings (SSSR count). The summed E-state index contributed by atoms with van der Waals surface area (Å²) in [7, 11) is -3.13. The Labute approximate surface area is 147 Å². The maximum atomic E-state index is 12.9. The van der Waals surface area contributed by atoms with Crippen LogP contribution in [-0.4, -0.2) is 55.4 Å². The number of halogens is 1. The number of carbonyl (C=O) groups is 1. The Bertz CT molecular complexity index is 744. The monoisotopic (exact) mass is 368 g/mol. The Morgan fingerprint density at radius 2 is 1.62 bits per heavy atom. The lowest BCUT2D eigenvalue weighted by molar-refractivity contribution is -0.124. The summed E-state index contributed by atoms with van der Waals surface area (Å²) in [6, 6.07) is 7.05. The number of fused-ring (bicyclic) bond motifs is 1. The third kappa shape index (κ3) is 2.85. The molecule has 2 atom stereocenters. The molecule has 0 N–H and O–H groups in total. The van der Waals surface area contributed by atoms with Gasteiger partial charge in [0, 0.05) is 22.8 Å². The second-order valence-electron chi connectivity index (χ2n) is 7.06. The number of benzene rings is 1. The minimum absolute atomic E-state index is 0.0115. The van der Waals surface area contributed by atoms with E-state index in [2.05, 4.69) is 4.90 Å². The number of hydrogen-bond donors (Lipinski definition) is 0. The molecule has 0 spiro atoms. The van der Waals surface area contributed by atoms with E-state index < -0.39 is 9.84 Å². The van der Waals surface area contributed by atoms with Gasteiger partial charge in [-0.05, 0) is 37.1 Å². The molecule has 0 unspecified atom stereocenters. The van der Waals surface area contributed by atoms with Crippen molar-refractivity contribution >= 4 is 33.0 Å². The molecular weight excluding hydrogens is 348 g/mol. The van der Waals surface area contributed by atoms with Crippen molar-refractivity contribution in [2.75, 3.05) is 23.0 Å². The normalized spacial score (nSPS) is 30.7. The van der Waals surface area contributed by atoms with Gasteiger partial charge in [-0.25, -0.2) is 8.42 Å². The third-order valence-corrected chi connectivity index (χ3v) is 7.49. The van der Waals surface area contributed by atoms with Crippen LogP contribution in [0.15, 0.2) is 24.3 Å². The predicted octanol–water partition coefficient (Wildman–Crippen LogP) is 2.10. The Morgan fingerprint density at radius 1 is 1.00 bits per heavy atom. The van der Waals surface area contributed by atoms with Crippen molar-refractivity contribution in [3.05, 3.63) is 29.3 Å². The standard InChI is InChI=1S/C17H21ClN2O3S/c18-12-5-7-14(8-6-12)20-16-11-24(22,23)10-15(16)19(9-17(20)21)13-3-1-2-4-13/h5-8,13,15-16H,1-4,9-11H2/t15-,16+/m0/s1. The average Bonchev–Trinajstić information content (AvgIpc) is 3.14. The van der Waals surface area contributed by atoms with Gasteiger partial charge in [0.1, 0.15) is 0 Å². The second-order valence-corrected chi connectivity index (χ2v) is 9.65. The Balaban J connectivity index is 1.70. The van der Waals surface area contributed by atoms with Crippen molar-refractivity contribution in [1.82, 2.24) is 4.90 Å². The highest BCUT2D eigenvalue weighted by Crippen LogP contribution is 2.36. The molecule has 130 valence electrons. The van der Waals surface area contributed by atoms with Gasteiger partial charge in [0.15, 0.2) is 9.84 Å². The number of sulfone groups is 1. The zero-order valence-corrected chi connectivity index (χ0v) is 15.0. The molecule has 24 heavy (non-hydrogen) atoms.